The Bertz CT molecular complexity index is 703. The van der Waals surface area contributed by atoms with Crippen LogP contribution in [0.5, 0.6) is 0 Å². The van der Waals surface area contributed by atoms with Crippen molar-refractivity contribution in [1.29, 1.82) is 0 Å². The van der Waals surface area contributed by atoms with Gasteiger partial charge in [0.15, 0.2) is 0 Å². The van der Waals surface area contributed by atoms with Gasteiger partial charge in [-0.1, -0.05) is 70.6 Å². The summed E-state index contributed by atoms with van der Waals surface area (Å²) in [6.45, 7) is 13.1. The maximum absolute atomic E-state index is 6.10. The van der Waals surface area contributed by atoms with Gasteiger partial charge < -0.3 is 4.74 Å². The van der Waals surface area contributed by atoms with E-state index >= 15 is 0 Å². The Morgan fingerprint density at radius 2 is 1.81 bits per heavy atom. The minimum absolute atomic E-state index is 0.112. The average Bonchev–Trinajstić information content (AvgIpc) is 2.60. The van der Waals surface area contributed by atoms with E-state index < -0.39 is 0 Å². The highest BCUT2D eigenvalue weighted by Crippen LogP contribution is 2.25. The van der Waals surface area contributed by atoms with Crippen molar-refractivity contribution in [2.45, 2.75) is 58.8 Å². The van der Waals surface area contributed by atoms with Gasteiger partial charge in [-0.25, -0.2) is 4.99 Å². The zero-order valence-electron chi connectivity index (χ0n) is 16.7. The van der Waals surface area contributed by atoms with Crippen LogP contribution < -0.4 is 0 Å². The average molecular weight is 371 g/mol. The number of hydrogen-bond donors (Lipinski definition) is 0. The SMILES string of the molecule is CC(C)C(C)OC(=Nc1cccnc1)SCc1ccc(C(C)(C)C)cc1. The van der Waals surface area contributed by atoms with Crippen molar-refractivity contribution in [3.8, 4) is 0 Å². The molecule has 2 rings (SSSR count). The smallest absolute Gasteiger partial charge is 0.251 e. The number of aliphatic imine (C=N–C) groups is 1. The van der Waals surface area contributed by atoms with Crippen molar-refractivity contribution in [3.05, 3.63) is 59.9 Å². The summed E-state index contributed by atoms with van der Waals surface area (Å²) in [5.41, 5.74) is 3.60. The standard InChI is InChI=1S/C22H30N2OS/c1-16(2)17(3)25-21(24-20-8-7-13-23-14-20)26-15-18-9-11-19(12-10-18)22(4,5)6/h7-14,16-17H,15H2,1-6H3. The molecule has 0 N–H and O–H groups in total. The van der Waals surface area contributed by atoms with Crippen molar-refractivity contribution < 1.29 is 4.74 Å². The molecule has 0 radical (unpaired) electrons. The largest absolute Gasteiger partial charge is 0.470 e. The summed E-state index contributed by atoms with van der Waals surface area (Å²) in [6.07, 6.45) is 3.61. The molecule has 0 bridgehead atoms. The quantitative estimate of drug-likeness (QED) is 0.453. The Kier molecular flexibility index (Phi) is 7.27. The maximum Gasteiger partial charge on any atom is 0.251 e. The van der Waals surface area contributed by atoms with Gasteiger partial charge >= 0.3 is 0 Å². The molecule has 1 atom stereocenters. The second-order valence-corrected chi connectivity index (χ2v) is 8.82. The lowest BCUT2D eigenvalue weighted by Crippen LogP contribution is -2.18. The fourth-order valence-corrected chi connectivity index (χ4v) is 3.03. The third-order valence-corrected chi connectivity index (χ3v) is 5.19. The Balaban J connectivity index is 2.10. The first-order valence-corrected chi connectivity index (χ1v) is 10.1. The van der Waals surface area contributed by atoms with Gasteiger partial charge in [0.1, 0.15) is 6.10 Å². The topological polar surface area (TPSA) is 34.5 Å². The highest BCUT2D eigenvalue weighted by Gasteiger charge is 2.15. The molecule has 3 nitrogen and oxygen atoms in total. The first-order chi connectivity index (χ1) is 12.3. The summed E-state index contributed by atoms with van der Waals surface area (Å²) in [5.74, 6) is 1.26. The van der Waals surface area contributed by atoms with Gasteiger partial charge in [0.05, 0.1) is 11.9 Å². The maximum atomic E-state index is 6.10. The van der Waals surface area contributed by atoms with Crippen LogP contribution in [0, 0.1) is 5.92 Å². The van der Waals surface area contributed by atoms with E-state index in [-0.39, 0.29) is 11.5 Å². The zero-order chi connectivity index (χ0) is 19.2. The minimum atomic E-state index is 0.112. The van der Waals surface area contributed by atoms with E-state index in [1.54, 1.807) is 24.2 Å². The fourth-order valence-electron chi connectivity index (χ4n) is 2.16. The lowest BCUT2D eigenvalue weighted by Gasteiger charge is -2.20. The van der Waals surface area contributed by atoms with Gasteiger partial charge in [0, 0.05) is 11.9 Å². The molecule has 0 fully saturated rings. The van der Waals surface area contributed by atoms with Crippen LogP contribution in [0.1, 0.15) is 52.7 Å². The molecule has 2 aromatic rings. The normalized spacial score (nSPS) is 13.7. The van der Waals surface area contributed by atoms with E-state index in [0.717, 1.165) is 11.4 Å². The first kappa shape index (κ1) is 20.5. The summed E-state index contributed by atoms with van der Waals surface area (Å²) in [4.78, 5) is 8.78. The van der Waals surface area contributed by atoms with Crippen LogP contribution in [0.3, 0.4) is 0 Å². The van der Waals surface area contributed by atoms with E-state index in [1.165, 1.54) is 11.1 Å². The summed E-state index contributed by atoms with van der Waals surface area (Å²) < 4.78 is 6.10. The predicted molar refractivity (Wildman–Crippen MR) is 113 cm³/mol. The number of thioether (sulfide) groups is 1. The summed E-state index contributed by atoms with van der Waals surface area (Å²) in [7, 11) is 0. The van der Waals surface area contributed by atoms with Crippen LogP contribution >= 0.6 is 11.8 Å². The number of nitrogens with zero attached hydrogens (tertiary/aromatic N) is 2. The Morgan fingerprint density at radius 3 is 2.35 bits per heavy atom. The number of benzene rings is 1. The second-order valence-electron chi connectivity index (χ2n) is 7.89. The zero-order valence-corrected chi connectivity index (χ0v) is 17.5. The molecule has 140 valence electrons. The lowest BCUT2D eigenvalue weighted by molar-refractivity contribution is 0.164. The molecule has 0 aliphatic carbocycles. The second kappa shape index (κ2) is 9.22. The van der Waals surface area contributed by atoms with Crippen LogP contribution in [-0.2, 0) is 15.9 Å². The third-order valence-electron chi connectivity index (χ3n) is 4.27. The van der Waals surface area contributed by atoms with E-state index in [9.17, 15) is 0 Å². The molecule has 0 aliphatic rings. The van der Waals surface area contributed by atoms with Crippen molar-refractivity contribution in [2.75, 3.05) is 0 Å². The van der Waals surface area contributed by atoms with E-state index in [4.69, 9.17) is 4.74 Å². The minimum Gasteiger partial charge on any atom is -0.470 e. The number of rotatable bonds is 5. The molecule has 1 aromatic carbocycles. The van der Waals surface area contributed by atoms with Gasteiger partial charge in [-0.15, -0.1) is 0 Å². The molecule has 0 saturated carbocycles. The van der Waals surface area contributed by atoms with E-state index in [2.05, 4.69) is 75.8 Å². The van der Waals surface area contributed by atoms with Crippen LogP contribution in [0.2, 0.25) is 0 Å². The summed E-state index contributed by atoms with van der Waals surface area (Å²) >= 11 is 1.63. The molecule has 0 amide bonds. The van der Waals surface area contributed by atoms with Crippen molar-refractivity contribution in [3.63, 3.8) is 0 Å². The Hall–Kier alpha value is -1.81. The van der Waals surface area contributed by atoms with Crippen molar-refractivity contribution >= 4 is 22.7 Å². The first-order valence-electron chi connectivity index (χ1n) is 9.13. The molecule has 1 heterocycles. The Morgan fingerprint density at radius 1 is 1.12 bits per heavy atom. The molecule has 0 spiro atoms. The van der Waals surface area contributed by atoms with E-state index in [0.29, 0.717) is 11.1 Å². The number of aromatic nitrogens is 1. The molecule has 1 aromatic heterocycles. The van der Waals surface area contributed by atoms with Gasteiger partial charge in [-0.3, -0.25) is 4.98 Å². The van der Waals surface area contributed by atoms with Crippen LogP contribution in [0.15, 0.2) is 53.8 Å². The van der Waals surface area contributed by atoms with Gasteiger partial charge in [-0.05, 0) is 41.5 Å². The van der Waals surface area contributed by atoms with Crippen molar-refractivity contribution in [2.24, 2.45) is 10.9 Å². The monoisotopic (exact) mass is 370 g/mol. The van der Waals surface area contributed by atoms with Crippen LogP contribution in [-0.4, -0.2) is 16.3 Å². The molecule has 4 heteroatoms. The predicted octanol–water partition coefficient (Wildman–Crippen LogP) is 6.36. The molecule has 1 unspecified atom stereocenters. The fraction of sp³-hybridized carbons (Fsp3) is 0.455. The molecule has 0 aliphatic heterocycles. The number of pyridine rings is 1. The lowest BCUT2D eigenvalue weighted by atomic mass is 9.87. The summed E-state index contributed by atoms with van der Waals surface area (Å²) in [6, 6.07) is 12.6. The van der Waals surface area contributed by atoms with Gasteiger partial charge in [0.25, 0.3) is 5.23 Å². The number of ether oxygens (including phenoxy) is 1. The highest BCUT2D eigenvalue weighted by molar-refractivity contribution is 8.12. The molecule has 0 saturated heterocycles. The van der Waals surface area contributed by atoms with Crippen LogP contribution in [0.25, 0.3) is 0 Å². The van der Waals surface area contributed by atoms with E-state index in [1.807, 2.05) is 12.1 Å². The highest BCUT2D eigenvalue weighted by atomic mass is 32.2. The number of hydrogen-bond acceptors (Lipinski definition) is 4. The molecule has 26 heavy (non-hydrogen) atoms. The van der Waals surface area contributed by atoms with Gasteiger partial charge in [-0.2, -0.15) is 0 Å². The van der Waals surface area contributed by atoms with Crippen LogP contribution in [0.4, 0.5) is 5.69 Å². The van der Waals surface area contributed by atoms with Crippen molar-refractivity contribution in [1.82, 2.24) is 4.98 Å². The molecular formula is C22H30N2OS. The third kappa shape index (κ3) is 6.49. The molecular weight excluding hydrogens is 340 g/mol. The Labute approximate surface area is 162 Å². The van der Waals surface area contributed by atoms with Gasteiger partial charge in [0.2, 0.25) is 0 Å². The summed E-state index contributed by atoms with van der Waals surface area (Å²) in [5, 5.41) is 0.694.